The van der Waals surface area contributed by atoms with Gasteiger partial charge in [0, 0.05) is 6.20 Å². The van der Waals surface area contributed by atoms with Crippen LogP contribution in [0.1, 0.15) is 19.3 Å². The summed E-state index contributed by atoms with van der Waals surface area (Å²) in [6.45, 7) is 0.891. The first-order valence-corrected chi connectivity index (χ1v) is 5.66. The highest BCUT2D eigenvalue weighted by molar-refractivity contribution is 6.28. The first-order chi connectivity index (χ1) is 7.75. The molecular formula is C10H13ClN4O. The third kappa shape index (κ3) is 2.90. The highest BCUT2D eigenvalue weighted by Gasteiger charge is 2.20. The third-order valence-corrected chi connectivity index (χ3v) is 2.69. The third-order valence-electron chi connectivity index (χ3n) is 2.50. The zero-order valence-corrected chi connectivity index (χ0v) is 9.50. The largest absolute Gasteiger partial charge is 0.309 e. The number of anilines is 1. The fourth-order valence-electron chi connectivity index (χ4n) is 1.69. The van der Waals surface area contributed by atoms with Gasteiger partial charge in [0.1, 0.15) is 5.82 Å². The number of nitrogens with one attached hydrogen (secondary N) is 2. The lowest BCUT2D eigenvalue weighted by molar-refractivity contribution is -0.118. The fraction of sp³-hybridized carbons (Fsp3) is 0.500. The maximum Gasteiger partial charge on any atom is 0.242 e. The Hall–Kier alpha value is -1.20. The average molecular weight is 241 g/mol. The zero-order valence-electron chi connectivity index (χ0n) is 8.74. The summed E-state index contributed by atoms with van der Waals surface area (Å²) in [5, 5.41) is 6.01. The van der Waals surface area contributed by atoms with Gasteiger partial charge in [0.2, 0.25) is 11.2 Å². The van der Waals surface area contributed by atoms with E-state index in [-0.39, 0.29) is 17.2 Å². The van der Waals surface area contributed by atoms with Gasteiger partial charge < -0.3 is 10.6 Å². The molecule has 1 aromatic rings. The molecular weight excluding hydrogens is 228 g/mol. The number of rotatable bonds is 2. The minimum absolute atomic E-state index is 0.0607. The molecule has 1 aromatic heterocycles. The van der Waals surface area contributed by atoms with Crippen LogP contribution in [-0.2, 0) is 4.79 Å². The SMILES string of the molecule is O=C(Nc1ccnc(Cl)n1)[C@@H]1CCCCN1. The molecule has 0 aliphatic carbocycles. The molecule has 6 heteroatoms. The maximum atomic E-state index is 11.8. The van der Waals surface area contributed by atoms with Crippen molar-refractivity contribution in [3.05, 3.63) is 17.5 Å². The van der Waals surface area contributed by atoms with Crippen LogP contribution in [0.25, 0.3) is 0 Å². The molecule has 86 valence electrons. The van der Waals surface area contributed by atoms with E-state index in [9.17, 15) is 4.79 Å². The molecule has 1 atom stereocenters. The van der Waals surface area contributed by atoms with Crippen molar-refractivity contribution in [3.63, 3.8) is 0 Å². The average Bonchev–Trinajstić information content (AvgIpc) is 2.30. The Morgan fingerprint density at radius 1 is 1.56 bits per heavy atom. The van der Waals surface area contributed by atoms with E-state index in [0.29, 0.717) is 5.82 Å². The number of nitrogens with zero attached hydrogens (tertiary/aromatic N) is 2. The van der Waals surface area contributed by atoms with E-state index in [1.807, 2.05) is 0 Å². The van der Waals surface area contributed by atoms with Crippen molar-refractivity contribution in [2.75, 3.05) is 11.9 Å². The van der Waals surface area contributed by atoms with Gasteiger partial charge >= 0.3 is 0 Å². The monoisotopic (exact) mass is 240 g/mol. The number of hydrogen-bond donors (Lipinski definition) is 2. The van der Waals surface area contributed by atoms with Gasteiger partial charge in [-0.15, -0.1) is 0 Å². The topological polar surface area (TPSA) is 66.9 Å². The van der Waals surface area contributed by atoms with Crippen molar-refractivity contribution in [3.8, 4) is 0 Å². The molecule has 0 saturated carbocycles. The Kier molecular flexibility index (Phi) is 3.69. The highest BCUT2D eigenvalue weighted by Crippen LogP contribution is 2.10. The molecule has 2 rings (SSSR count). The molecule has 0 aromatic carbocycles. The smallest absolute Gasteiger partial charge is 0.242 e. The first-order valence-electron chi connectivity index (χ1n) is 5.28. The van der Waals surface area contributed by atoms with Crippen LogP contribution in [0.5, 0.6) is 0 Å². The van der Waals surface area contributed by atoms with Gasteiger partial charge in [-0.2, -0.15) is 0 Å². The lowest BCUT2D eigenvalue weighted by Gasteiger charge is -2.22. The van der Waals surface area contributed by atoms with Gasteiger partial charge in [-0.05, 0) is 37.1 Å². The van der Waals surface area contributed by atoms with Crippen molar-refractivity contribution in [1.82, 2.24) is 15.3 Å². The number of aromatic nitrogens is 2. The van der Waals surface area contributed by atoms with Crippen LogP contribution in [-0.4, -0.2) is 28.5 Å². The number of amides is 1. The van der Waals surface area contributed by atoms with Crippen molar-refractivity contribution < 1.29 is 4.79 Å². The Balaban J connectivity index is 1.96. The molecule has 0 bridgehead atoms. The van der Waals surface area contributed by atoms with Crippen LogP contribution in [0.3, 0.4) is 0 Å². The highest BCUT2D eigenvalue weighted by atomic mass is 35.5. The Morgan fingerprint density at radius 2 is 2.44 bits per heavy atom. The summed E-state index contributed by atoms with van der Waals surface area (Å²) >= 11 is 5.62. The van der Waals surface area contributed by atoms with Crippen molar-refractivity contribution in [2.24, 2.45) is 0 Å². The summed E-state index contributed by atoms with van der Waals surface area (Å²) in [5.41, 5.74) is 0. The number of piperidine rings is 1. The van der Waals surface area contributed by atoms with Gasteiger partial charge in [0.15, 0.2) is 0 Å². The van der Waals surface area contributed by atoms with Crippen molar-refractivity contribution >= 4 is 23.3 Å². The second-order valence-electron chi connectivity index (χ2n) is 3.70. The maximum absolute atomic E-state index is 11.8. The molecule has 2 N–H and O–H groups in total. The molecule has 16 heavy (non-hydrogen) atoms. The van der Waals surface area contributed by atoms with E-state index >= 15 is 0 Å². The van der Waals surface area contributed by atoms with E-state index in [4.69, 9.17) is 11.6 Å². The summed E-state index contributed by atoms with van der Waals surface area (Å²) in [7, 11) is 0. The molecule has 1 amide bonds. The molecule has 5 nitrogen and oxygen atoms in total. The molecule has 1 aliphatic rings. The lowest BCUT2D eigenvalue weighted by Crippen LogP contribution is -2.43. The standard InChI is InChI=1S/C10H13ClN4O/c11-10-13-6-4-8(15-10)14-9(16)7-3-1-2-5-12-7/h4,6-7,12H,1-3,5H2,(H,13,14,15,16)/t7-/m0/s1. The van der Waals surface area contributed by atoms with Gasteiger partial charge in [-0.3, -0.25) is 4.79 Å². The summed E-state index contributed by atoms with van der Waals surface area (Å²) < 4.78 is 0. The van der Waals surface area contributed by atoms with Crippen LogP contribution in [0.4, 0.5) is 5.82 Å². The summed E-state index contributed by atoms with van der Waals surface area (Å²) in [6.07, 6.45) is 4.59. The molecule has 0 spiro atoms. The second-order valence-corrected chi connectivity index (χ2v) is 4.04. The fourth-order valence-corrected chi connectivity index (χ4v) is 1.84. The zero-order chi connectivity index (χ0) is 11.4. The Morgan fingerprint density at radius 3 is 3.12 bits per heavy atom. The molecule has 1 fully saturated rings. The van der Waals surface area contributed by atoms with Crippen molar-refractivity contribution in [1.29, 1.82) is 0 Å². The number of halogens is 1. The minimum atomic E-state index is -0.123. The quantitative estimate of drug-likeness (QED) is 0.763. The van der Waals surface area contributed by atoms with Crippen LogP contribution < -0.4 is 10.6 Å². The number of carbonyl (C=O) groups excluding carboxylic acids is 1. The van der Waals surface area contributed by atoms with Gasteiger partial charge in [0.05, 0.1) is 6.04 Å². The van der Waals surface area contributed by atoms with E-state index < -0.39 is 0 Å². The molecule has 0 radical (unpaired) electrons. The van der Waals surface area contributed by atoms with E-state index in [0.717, 1.165) is 25.8 Å². The molecule has 0 unspecified atom stereocenters. The summed E-state index contributed by atoms with van der Waals surface area (Å²) in [5.74, 6) is 0.381. The number of hydrogen-bond acceptors (Lipinski definition) is 4. The second kappa shape index (κ2) is 5.23. The van der Waals surface area contributed by atoms with E-state index in [2.05, 4.69) is 20.6 Å². The van der Waals surface area contributed by atoms with Crippen LogP contribution in [0.2, 0.25) is 5.28 Å². The normalized spacial score (nSPS) is 20.4. The van der Waals surface area contributed by atoms with E-state index in [1.165, 1.54) is 6.20 Å². The minimum Gasteiger partial charge on any atom is -0.309 e. The summed E-state index contributed by atoms with van der Waals surface area (Å²) in [6, 6.07) is 1.49. The summed E-state index contributed by atoms with van der Waals surface area (Å²) in [4.78, 5) is 19.5. The van der Waals surface area contributed by atoms with Gasteiger partial charge in [-0.25, -0.2) is 9.97 Å². The molecule has 1 aliphatic heterocycles. The predicted octanol–water partition coefficient (Wildman–Crippen LogP) is 1.21. The van der Waals surface area contributed by atoms with E-state index in [1.54, 1.807) is 6.07 Å². The van der Waals surface area contributed by atoms with Gasteiger partial charge in [-0.1, -0.05) is 6.42 Å². The Bertz CT molecular complexity index is 379. The van der Waals surface area contributed by atoms with Gasteiger partial charge in [0.25, 0.3) is 0 Å². The van der Waals surface area contributed by atoms with Crippen molar-refractivity contribution in [2.45, 2.75) is 25.3 Å². The molecule has 1 saturated heterocycles. The first kappa shape index (κ1) is 11.3. The van der Waals surface area contributed by atoms with Crippen LogP contribution in [0, 0.1) is 0 Å². The Labute approximate surface area is 98.6 Å². The lowest BCUT2D eigenvalue weighted by atomic mass is 10.0. The number of carbonyl (C=O) groups is 1. The molecule has 2 heterocycles. The van der Waals surface area contributed by atoms with Crippen LogP contribution in [0.15, 0.2) is 12.3 Å². The van der Waals surface area contributed by atoms with Crippen LogP contribution >= 0.6 is 11.6 Å². The predicted molar refractivity (Wildman–Crippen MR) is 61.3 cm³/mol.